The summed E-state index contributed by atoms with van der Waals surface area (Å²) in [6, 6.07) is 0. The molecule has 1 aliphatic rings. The van der Waals surface area contributed by atoms with Gasteiger partial charge in [0, 0.05) is 13.2 Å². The number of unbranched alkanes of at least 4 members (excludes halogenated alkanes) is 2. The lowest BCUT2D eigenvalue weighted by atomic mass is 9.98. The standard InChI is InChI=1S/C13H27NO.C2H6/c1-3-5-6-11-15-12-13-7-9-14(4-2)10-8-13;1-2/h13H,3-12H2,1-2H3;1-2H3. The van der Waals surface area contributed by atoms with Crippen LogP contribution in [0.3, 0.4) is 0 Å². The Hall–Kier alpha value is -0.0800. The van der Waals surface area contributed by atoms with Crippen LogP contribution in [0.1, 0.15) is 59.8 Å². The number of likely N-dealkylation sites (tertiary alicyclic amines) is 1. The van der Waals surface area contributed by atoms with Gasteiger partial charge in [-0.3, -0.25) is 0 Å². The van der Waals surface area contributed by atoms with Crippen molar-refractivity contribution < 1.29 is 4.74 Å². The Bertz CT molecular complexity index is 142. The van der Waals surface area contributed by atoms with Gasteiger partial charge < -0.3 is 9.64 Å². The van der Waals surface area contributed by atoms with Crippen LogP contribution in [0.15, 0.2) is 0 Å². The third kappa shape index (κ3) is 8.62. The van der Waals surface area contributed by atoms with E-state index in [1.165, 1.54) is 51.7 Å². The van der Waals surface area contributed by atoms with E-state index in [1.54, 1.807) is 0 Å². The van der Waals surface area contributed by atoms with Crippen LogP contribution in [0.5, 0.6) is 0 Å². The molecule has 0 radical (unpaired) electrons. The van der Waals surface area contributed by atoms with Crippen LogP contribution in [0.4, 0.5) is 0 Å². The van der Waals surface area contributed by atoms with Crippen molar-refractivity contribution >= 4 is 0 Å². The van der Waals surface area contributed by atoms with Gasteiger partial charge in [-0.25, -0.2) is 0 Å². The maximum absolute atomic E-state index is 5.73. The number of piperidine rings is 1. The fourth-order valence-electron chi connectivity index (χ4n) is 2.17. The molecule has 0 saturated carbocycles. The predicted molar refractivity (Wildman–Crippen MR) is 76.5 cm³/mol. The van der Waals surface area contributed by atoms with Crippen molar-refractivity contribution in [2.75, 3.05) is 32.8 Å². The quantitative estimate of drug-likeness (QED) is 0.628. The van der Waals surface area contributed by atoms with Crippen molar-refractivity contribution in [3.05, 3.63) is 0 Å². The Labute approximate surface area is 109 Å². The van der Waals surface area contributed by atoms with Gasteiger partial charge in [0.05, 0.1) is 0 Å². The zero-order valence-electron chi connectivity index (χ0n) is 12.5. The lowest BCUT2D eigenvalue weighted by molar-refractivity contribution is 0.0662. The minimum Gasteiger partial charge on any atom is -0.381 e. The smallest absolute Gasteiger partial charge is 0.0495 e. The Morgan fingerprint density at radius 3 is 2.24 bits per heavy atom. The average molecular weight is 243 g/mol. The van der Waals surface area contributed by atoms with E-state index in [0.29, 0.717) is 0 Å². The van der Waals surface area contributed by atoms with Gasteiger partial charge in [0.25, 0.3) is 0 Å². The molecule has 1 fully saturated rings. The Balaban J connectivity index is 0.00000121. The fraction of sp³-hybridized carbons (Fsp3) is 1.00. The summed E-state index contributed by atoms with van der Waals surface area (Å²) in [5, 5.41) is 0. The van der Waals surface area contributed by atoms with E-state index in [9.17, 15) is 0 Å². The van der Waals surface area contributed by atoms with Crippen LogP contribution in [0.25, 0.3) is 0 Å². The fourth-order valence-corrected chi connectivity index (χ4v) is 2.17. The predicted octanol–water partition coefficient (Wildman–Crippen LogP) is 3.95. The first-order valence-electron chi connectivity index (χ1n) is 7.66. The first kappa shape index (κ1) is 16.9. The normalized spacial score (nSPS) is 17.6. The molecule has 0 aromatic heterocycles. The summed E-state index contributed by atoms with van der Waals surface area (Å²) in [6.45, 7) is 14.2. The zero-order chi connectivity index (χ0) is 12.9. The molecule has 0 unspecified atom stereocenters. The Morgan fingerprint density at radius 2 is 1.71 bits per heavy atom. The molecule has 0 aromatic carbocycles. The molecular formula is C15H33NO. The molecule has 0 bridgehead atoms. The van der Waals surface area contributed by atoms with Gasteiger partial charge in [0.15, 0.2) is 0 Å². The topological polar surface area (TPSA) is 12.5 Å². The zero-order valence-corrected chi connectivity index (χ0v) is 12.5. The molecular weight excluding hydrogens is 210 g/mol. The van der Waals surface area contributed by atoms with E-state index in [0.717, 1.165) is 19.1 Å². The van der Waals surface area contributed by atoms with E-state index >= 15 is 0 Å². The number of nitrogens with zero attached hydrogens (tertiary/aromatic N) is 1. The summed E-state index contributed by atoms with van der Waals surface area (Å²) in [5.41, 5.74) is 0. The van der Waals surface area contributed by atoms with E-state index < -0.39 is 0 Å². The Kier molecular flexibility index (Phi) is 12.3. The number of hydrogen-bond donors (Lipinski definition) is 0. The van der Waals surface area contributed by atoms with E-state index in [4.69, 9.17) is 4.74 Å². The maximum Gasteiger partial charge on any atom is 0.0495 e. The van der Waals surface area contributed by atoms with E-state index in [1.807, 2.05) is 13.8 Å². The van der Waals surface area contributed by atoms with Crippen molar-refractivity contribution in [2.45, 2.75) is 59.8 Å². The van der Waals surface area contributed by atoms with Gasteiger partial charge in [0.2, 0.25) is 0 Å². The summed E-state index contributed by atoms with van der Waals surface area (Å²) in [6.07, 6.45) is 6.51. The SMILES string of the molecule is CC.CCCCCOCC1CCN(CC)CC1. The van der Waals surface area contributed by atoms with Crippen LogP contribution >= 0.6 is 0 Å². The van der Waals surface area contributed by atoms with E-state index in [-0.39, 0.29) is 0 Å². The summed E-state index contributed by atoms with van der Waals surface area (Å²) < 4.78 is 5.73. The summed E-state index contributed by atoms with van der Waals surface area (Å²) >= 11 is 0. The van der Waals surface area contributed by atoms with Crippen LogP contribution in [-0.2, 0) is 4.74 Å². The molecule has 0 N–H and O–H groups in total. The van der Waals surface area contributed by atoms with E-state index in [2.05, 4.69) is 18.7 Å². The molecule has 0 amide bonds. The summed E-state index contributed by atoms with van der Waals surface area (Å²) in [7, 11) is 0. The van der Waals surface area contributed by atoms with Crippen molar-refractivity contribution in [3.8, 4) is 0 Å². The molecule has 2 nitrogen and oxygen atoms in total. The molecule has 1 aliphatic heterocycles. The first-order chi connectivity index (χ1) is 8.36. The molecule has 1 heterocycles. The van der Waals surface area contributed by atoms with Gasteiger partial charge in [0.1, 0.15) is 0 Å². The second-order valence-corrected chi connectivity index (χ2v) is 4.66. The Morgan fingerprint density at radius 1 is 1.06 bits per heavy atom. The number of hydrogen-bond acceptors (Lipinski definition) is 2. The molecule has 104 valence electrons. The summed E-state index contributed by atoms with van der Waals surface area (Å²) in [5.74, 6) is 0.828. The highest BCUT2D eigenvalue weighted by atomic mass is 16.5. The molecule has 0 atom stereocenters. The molecule has 0 spiro atoms. The van der Waals surface area contributed by atoms with Gasteiger partial charge in [-0.05, 0) is 44.8 Å². The second-order valence-electron chi connectivity index (χ2n) is 4.66. The van der Waals surface area contributed by atoms with Crippen LogP contribution in [0, 0.1) is 5.92 Å². The highest BCUT2D eigenvalue weighted by Gasteiger charge is 2.17. The summed E-state index contributed by atoms with van der Waals surface area (Å²) in [4.78, 5) is 2.54. The van der Waals surface area contributed by atoms with Crippen molar-refractivity contribution in [1.29, 1.82) is 0 Å². The highest BCUT2D eigenvalue weighted by Crippen LogP contribution is 2.17. The van der Waals surface area contributed by atoms with Gasteiger partial charge in [-0.15, -0.1) is 0 Å². The molecule has 1 rings (SSSR count). The van der Waals surface area contributed by atoms with Gasteiger partial charge in [-0.1, -0.05) is 40.5 Å². The average Bonchev–Trinajstić information content (AvgIpc) is 2.41. The van der Waals surface area contributed by atoms with Crippen LogP contribution < -0.4 is 0 Å². The van der Waals surface area contributed by atoms with Gasteiger partial charge >= 0.3 is 0 Å². The molecule has 17 heavy (non-hydrogen) atoms. The largest absolute Gasteiger partial charge is 0.381 e. The maximum atomic E-state index is 5.73. The third-order valence-corrected chi connectivity index (χ3v) is 3.40. The second kappa shape index (κ2) is 12.4. The van der Waals surface area contributed by atoms with Crippen molar-refractivity contribution in [2.24, 2.45) is 5.92 Å². The minimum atomic E-state index is 0.828. The monoisotopic (exact) mass is 243 g/mol. The molecule has 1 saturated heterocycles. The van der Waals surface area contributed by atoms with Crippen molar-refractivity contribution in [1.82, 2.24) is 4.90 Å². The van der Waals surface area contributed by atoms with Gasteiger partial charge in [-0.2, -0.15) is 0 Å². The lowest BCUT2D eigenvalue weighted by Gasteiger charge is -2.30. The first-order valence-corrected chi connectivity index (χ1v) is 7.66. The third-order valence-electron chi connectivity index (χ3n) is 3.40. The van der Waals surface area contributed by atoms with Crippen LogP contribution in [-0.4, -0.2) is 37.7 Å². The molecule has 0 aromatic rings. The lowest BCUT2D eigenvalue weighted by Crippen LogP contribution is -2.34. The minimum absolute atomic E-state index is 0.828. The number of rotatable bonds is 7. The molecule has 0 aliphatic carbocycles. The highest BCUT2D eigenvalue weighted by molar-refractivity contribution is 4.70. The molecule has 2 heteroatoms. The van der Waals surface area contributed by atoms with Crippen LogP contribution in [0.2, 0.25) is 0 Å². The van der Waals surface area contributed by atoms with Crippen molar-refractivity contribution in [3.63, 3.8) is 0 Å². The number of ether oxygens (including phenoxy) is 1.